The molecule has 3 N–H and O–H groups in total. The van der Waals surface area contributed by atoms with Crippen molar-refractivity contribution in [3.8, 4) is 0 Å². The van der Waals surface area contributed by atoms with Crippen LogP contribution in [0.1, 0.15) is 5.82 Å². The van der Waals surface area contributed by atoms with Gasteiger partial charge in [0.15, 0.2) is 5.03 Å². The van der Waals surface area contributed by atoms with E-state index in [-0.39, 0.29) is 16.4 Å². The fraction of sp³-hybridized carbons (Fsp3) is 0.182. The van der Waals surface area contributed by atoms with Gasteiger partial charge in [-0.1, -0.05) is 0 Å². The van der Waals surface area contributed by atoms with Crippen molar-refractivity contribution in [1.82, 2.24) is 9.55 Å². The molecule has 0 aliphatic rings. The van der Waals surface area contributed by atoms with Gasteiger partial charge in [0.05, 0.1) is 11.4 Å². The number of anilines is 2. The number of aromatic nitrogens is 2. The van der Waals surface area contributed by atoms with E-state index < -0.39 is 15.8 Å². The molecule has 1 aromatic carbocycles. The highest BCUT2D eigenvalue weighted by molar-refractivity contribution is 7.92. The van der Waals surface area contributed by atoms with Crippen molar-refractivity contribution in [3.63, 3.8) is 0 Å². The average molecular weight is 284 g/mol. The van der Waals surface area contributed by atoms with Gasteiger partial charge in [0.2, 0.25) is 0 Å². The van der Waals surface area contributed by atoms with Crippen molar-refractivity contribution in [2.75, 3.05) is 10.5 Å². The quantitative estimate of drug-likeness (QED) is 0.830. The van der Waals surface area contributed by atoms with Gasteiger partial charge in [0.25, 0.3) is 10.0 Å². The highest BCUT2D eigenvalue weighted by Crippen LogP contribution is 2.19. The number of nitrogen functional groups attached to an aromatic ring is 1. The number of halogens is 1. The summed E-state index contributed by atoms with van der Waals surface area (Å²) in [5.74, 6) is -0.124. The first-order chi connectivity index (χ1) is 8.79. The molecule has 0 radical (unpaired) electrons. The second kappa shape index (κ2) is 4.54. The third-order valence-electron chi connectivity index (χ3n) is 2.61. The summed E-state index contributed by atoms with van der Waals surface area (Å²) in [5.41, 5.74) is 5.37. The highest BCUT2D eigenvalue weighted by atomic mass is 32.2. The number of nitrogens with one attached hydrogen (secondary N) is 1. The zero-order valence-corrected chi connectivity index (χ0v) is 11.2. The van der Waals surface area contributed by atoms with E-state index in [1.54, 1.807) is 18.5 Å². The zero-order valence-electron chi connectivity index (χ0n) is 10.4. The van der Waals surface area contributed by atoms with E-state index in [1.807, 2.05) is 0 Å². The lowest BCUT2D eigenvalue weighted by Gasteiger charge is -2.06. The minimum atomic E-state index is -3.83. The van der Waals surface area contributed by atoms with E-state index in [0.717, 1.165) is 6.07 Å². The Balaban J connectivity index is 2.33. The summed E-state index contributed by atoms with van der Waals surface area (Å²) < 4.78 is 41.1. The molecular weight excluding hydrogens is 271 g/mol. The SMILES string of the molecule is Cc1nc(S(=O)(=O)Nc2ccc(N)c(F)c2)cn1C. The van der Waals surface area contributed by atoms with Gasteiger partial charge in [-0.25, -0.2) is 9.37 Å². The lowest BCUT2D eigenvalue weighted by atomic mass is 10.3. The van der Waals surface area contributed by atoms with Crippen molar-refractivity contribution < 1.29 is 12.8 Å². The smallest absolute Gasteiger partial charge is 0.280 e. The molecule has 0 aliphatic carbocycles. The number of aryl methyl sites for hydroxylation is 2. The van der Waals surface area contributed by atoms with Gasteiger partial charge in [-0.3, -0.25) is 4.72 Å². The molecule has 102 valence electrons. The van der Waals surface area contributed by atoms with Crippen LogP contribution in [0.15, 0.2) is 29.4 Å². The number of nitrogens with zero attached hydrogens (tertiary/aromatic N) is 2. The summed E-state index contributed by atoms with van der Waals surface area (Å²) in [6, 6.07) is 3.69. The first-order valence-electron chi connectivity index (χ1n) is 5.37. The van der Waals surface area contributed by atoms with Crippen LogP contribution in [0.25, 0.3) is 0 Å². The van der Waals surface area contributed by atoms with Crippen LogP contribution in [0, 0.1) is 12.7 Å². The summed E-state index contributed by atoms with van der Waals surface area (Å²) in [5, 5.41) is -0.121. The lowest BCUT2D eigenvalue weighted by Crippen LogP contribution is -2.13. The van der Waals surface area contributed by atoms with Crippen LogP contribution in [0.2, 0.25) is 0 Å². The Morgan fingerprint density at radius 3 is 2.63 bits per heavy atom. The molecule has 0 aliphatic heterocycles. The summed E-state index contributed by atoms with van der Waals surface area (Å²) in [4.78, 5) is 3.91. The topological polar surface area (TPSA) is 90.0 Å². The monoisotopic (exact) mass is 284 g/mol. The number of rotatable bonds is 3. The number of imidazole rings is 1. The first kappa shape index (κ1) is 13.3. The van der Waals surface area contributed by atoms with E-state index >= 15 is 0 Å². The van der Waals surface area contributed by atoms with Gasteiger partial charge in [-0.05, 0) is 19.1 Å². The molecule has 0 fully saturated rings. The van der Waals surface area contributed by atoms with Crippen LogP contribution >= 0.6 is 0 Å². The largest absolute Gasteiger partial charge is 0.396 e. The van der Waals surface area contributed by atoms with E-state index in [2.05, 4.69) is 9.71 Å². The molecule has 0 unspecified atom stereocenters. The van der Waals surface area contributed by atoms with Crippen LogP contribution in [-0.2, 0) is 17.1 Å². The second-order valence-corrected chi connectivity index (χ2v) is 5.71. The number of benzene rings is 1. The molecule has 0 amide bonds. The van der Waals surface area contributed by atoms with Gasteiger partial charge in [0, 0.05) is 19.3 Å². The number of hydrogen-bond donors (Lipinski definition) is 2. The Bertz CT molecular complexity index is 705. The lowest BCUT2D eigenvalue weighted by molar-refractivity contribution is 0.598. The summed E-state index contributed by atoms with van der Waals surface area (Å²) >= 11 is 0. The van der Waals surface area contributed by atoms with Gasteiger partial charge in [-0.15, -0.1) is 0 Å². The average Bonchev–Trinajstić information content (AvgIpc) is 2.65. The van der Waals surface area contributed by atoms with Crippen molar-refractivity contribution >= 4 is 21.4 Å². The Hall–Kier alpha value is -2.09. The third-order valence-corrected chi connectivity index (χ3v) is 3.87. The molecular formula is C11H13FN4O2S. The molecule has 0 atom stereocenters. The predicted octanol–water partition coefficient (Wildman–Crippen LogP) is 1.25. The Morgan fingerprint density at radius 2 is 2.11 bits per heavy atom. The summed E-state index contributed by atoms with van der Waals surface area (Å²) in [6.45, 7) is 1.68. The van der Waals surface area contributed by atoms with Crippen LogP contribution in [0.5, 0.6) is 0 Å². The van der Waals surface area contributed by atoms with Gasteiger partial charge in [0.1, 0.15) is 11.6 Å². The van der Waals surface area contributed by atoms with Crippen molar-refractivity contribution in [3.05, 3.63) is 36.0 Å². The second-order valence-electron chi connectivity index (χ2n) is 4.08. The number of hydrogen-bond acceptors (Lipinski definition) is 4. The molecule has 2 rings (SSSR count). The molecule has 1 heterocycles. The maximum Gasteiger partial charge on any atom is 0.280 e. The summed E-state index contributed by atoms with van der Waals surface area (Å²) in [7, 11) is -2.15. The molecule has 19 heavy (non-hydrogen) atoms. The molecule has 0 saturated heterocycles. The van der Waals surface area contributed by atoms with Crippen LogP contribution in [0.3, 0.4) is 0 Å². The third kappa shape index (κ3) is 2.68. The van der Waals surface area contributed by atoms with E-state index in [4.69, 9.17) is 5.73 Å². The minimum Gasteiger partial charge on any atom is -0.396 e. The van der Waals surface area contributed by atoms with Crippen LogP contribution < -0.4 is 10.5 Å². The Kier molecular flexibility index (Phi) is 3.19. The van der Waals surface area contributed by atoms with Crippen molar-refractivity contribution in [1.29, 1.82) is 0 Å². The van der Waals surface area contributed by atoms with Crippen molar-refractivity contribution in [2.45, 2.75) is 11.9 Å². The van der Waals surface area contributed by atoms with E-state index in [9.17, 15) is 12.8 Å². The molecule has 0 saturated carbocycles. The fourth-order valence-electron chi connectivity index (χ4n) is 1.45. The van der Waals surface area contributed by atoms with E-state index in [1.165, 1.54) is 18.3 Å². The molecule has 6 nitrogen and oxygen atoms in total. The number of sulfonamides is 1. The predicted molar refractivity (Wildman–Crippen MR) is 69.6 cm³/mol. The van der Waals surface area contributed by atoms with Crippen molar-refractivity contribution in [2.24, 2.45) is 7.05 Å². The zero-order chi connectivity index (χ0) is 14.2. The molecule has 8 heteroatoms. The maximum atomic E-state index is 13.2. The Labute approximate surface area is 110 Å². The maximum absolute atomic E-state index is 13.2. The normalized spacial score (nSPS) is 11.5. The number of nitrogens with two attached hydrogens (primary N) is 1. The minimum absolute atomic E-state index is 0.0448. The van der Waals surface area contributed by atoms with Gasteiger partial charge in [-0.2, -0.15) is 8.42 Å². The van der Waals surface area contributed by atoms with Crippen LogP contribution in [-0.4, -0.2) is 18.0 Å². The standard InChI is InChI=1S/C11H13FN4O2S/c1-7-14-11(6-16(7)2)19(17,18)15-8-3-4-10(13)9(12)5-8/h3-6,15H,13H2,1-2H3. The van der Waals surface area contributed by atoms with Gasteiger partial charge < -0.3 is 10.3 Å². The summed E-state index contributed by atoms with van der Waals surface area (Å²) in [6.07, 6.45) is 1.38. The molecule has 1 aromatic heterocycles. The highest BCUT2D eigenvalue weighted by Gasteiger charge is 2.18. The fourth-order valence-corrected chi connectivity index (χ4v) is 2.54. The van der Waals surface area contributed by atoms with E-state index in [0.29, 0.717) is 5.82 Å². The molecule has 0 bridgehead atoms. The van der Waals surface area contributed by atoms with Crippen LogP contribution in [0.4, 0.5) is 15.8 Å². The molecule has 0 spiro atoms. The Morgan fingerprint density at radius 1 is 1.42 bits per heavy atom. The van der Waals surface area contributed by atoms with Gasteiger partial charge >= 0.3 is 0 Å². The molecule has 2 aromatic rings. The first-order valence-corrected chi connectivity index (χ1v) is 6.86.